The van der Waals surface area contributed by atoms with Crippen LogP contribution in [-0.4, -0.2) is 30.8 Å². The second-order valence-corrected chi connectivity index (χ2v) is 7.57. The van der Waals surface area contributed by atoms with Gasteiger partial charge in [0.15, 0.2) is 5.82 Å². The third kappa shape index (κ3) is 5.08. The van der Waals surface area contributed by atoms with Gasteiger partial charge in [0.05, 0.1) is 5.56 Å². The van der Waals surface area contributed by atoms with E-state index >= 15 is 0 Å². The number of carboxylic acids is 1. The lowest BCUT2D eigenvalue weighted by Crippen LogP contribution is -2.07. The summed E-state index contributed by atoms with van der Waals surface area (Å²) in [5.74, 6) is 1.20. The summed E-state index contributed by atoms with van der Waals surface area (Å²) < 4.78 is 2.04. The van der Waals surface area contributed by atoms with Crippen molar-refractivity contribution in [3.05, 3.63) is 65.5 Å². The molecule has 1 N–H and O–H groups in total. The minimum Gasteiger partial charge on any atom is -0.478 e. The van der Waals surface area contributed by atoms with Crippen molar-refractivity contribution >= 4 is 5.97 Å². The number of unbranched alkanes of at least 4 members (excludes halogenated alkanes) is 2. The molecular weight excluding hydrogens is 364 g/mol. The number of aryl methyl sites for hydroxylation is 1. The Morgan fingerprint density at radius 1 is 1.14 bits per heavy atom. The molecule has 0 saturated heterocycles. The molecule has 6 heteroatoms. The molecular formula is C23H28N4O2. The Balaban J connectivity index is 1.82. The van der Waals surface area contributed by atoms with Crippen molar-refractivity contribution in [3.63, 3.8) is 0 Å². The summed E-state index contributed by atoms with van der Waals surface area (Å²) in [6.07, 6.45) is 7.25. The van der Waals surface area contributed by atoms with Crippen LogP contribution in [-0.2, 0) is 13.0 Å². The number of hydrogen-bond acceptors (Lipinski definition) is 4. The quantitative estimate of drug-likeness (QED) is 0.522. The maximum atomic E-state index is 11.5. The normalized spacial score (nSPS) is 11.2. The molecule has 2 heterocycles. The lowest BCUT2D eigenvalue weighted by atomic mass is 10.00. The first kappa shape index (κ1) is 20.7. The summed E-state index contributed by atoms with van der Waals surface area (Å²) in [6.45, 7) is 7.30. The van der Waals surface area contributed by atoms with E-state index in [9.17, 15) is 9.90 Å². The first-order chi connectivity index (χ1) is 14.0. The van der Waals surface area contributed by atoms with E-state index in [1.165, 1.54) is 25.1 Å². The largest absolute Gasteiger partial charge is 0.478 e. The van der Waals surface area contributed by atoms with Gasteiger partial charge in [0.2, 0.25) is 0 Å². The van der Waals surface area contributed by atoms with E-state index in [1.54, 1.807) is 6.20 Å². The van der Waals surface area contributed by atoms with E-state index in [4.69, 9.17) is 10.1 Å². The van der Waals surface area contributed by atoms with E-state index in [0.717, 1.165) is 35.7 Å². The molecule has 0 aliphatic rings. The Labute approximate surface area is 171 Å². The number of pyridine rings is 1. The predicted octanol–water partition coefficient (Wildman–Crippen LogP) is 4.94. The van der Waals surface area contributed by atoms with Crippen LogP contribution in [0.3, 0.4) is 0 Å². The van der Waals surface area contributed by atoms with Gasteiger partial charge in [-0.25, -0.2) is 14.5 Å². The summed E-state index contributed by atoms with van der Waals surface area (Å²) in [4.78, 5) is 20.3. The molecule has 0 fully saturated rings. The lowest BCUT2D eigenvalue weighted by Gasteiger charge is -2.08. The molecule has 0 atom stereocenters. The van der Waals surface area contributed by atoms with Crippen LogP contribution in [0.25, 0.3) is 11.1 Å². The fraction of sp³-hybridized carbons (Fsp3) is 0.391. The van der Waals surface area contributed by atoms with Crippen LogP contribution in [0.5, 0.6) is 0 Å². The highest BCUT2D eigenvalue weighted by Gasteiger charge is 2.14. The van der Waals surface area contributed by atoms with Crippen LogP contribution in [0.15, 0.2) is 42.7 Å². The van der Waals surface area contributed by atoms with Crippen LogP contribution in [0.1, 0.15) is 73.5 Å². The van der Waals surface area contributed by atoms with Gasteiger partial charge in [-0.2, -0.15) is 5.10 Å². The minimum absolute atomic E-state index is 0.255. The van der Waals surface area contributed by atoms with Crippen molar-refractivity contribution < 1.29 is 9.90 Å². The first-order valence-corrected chi connectivity index (χ1v) is 10.2. The molecule has 0 bridgehead atoms. The number of hydrogen-bond donors (Lipinski definition) is 1. The molecule has 0 spiro atoms. The van der Waals surface area contributed by atoms with E-state index in [-0.39, 0.29) is 5.56 Å². The van der Waals surface area contributed by atoms with Crippen LogP contribution in [0, 0.1) is 0 Å². The Morgan fingerprint density at radius 2 is 1.90 bits per heavy atom. The van der Waals surface area contributed by atoms with Gasteiger partial charge in [-0.05, 0) is 23.6 Å². The lowest BCUT2D eigenvalue weighted by molar-refractivity contribution is 0.0697. The maximum Gasteiger partial charge on any atom is 0.336 e. The highest BCUT2D eigenvalue weighted by Crippen LogP contribution is 2.24. The van der Waals surface area contributed by atoms with Gasteiger partial charge in [-0.1, -0.05) is 57.9 Å². The molecule has 0 unspecified atom stereocenters. The van der Waals surface area contributed by atoms with E-state index in [1.807, 2.05) is 28.9 Å². The molecule has 0 saturated carbocycles. The van der Waals surface area contributed by atoms with Crippen LogP contribution >= 0.6 is 0 Å². The van der Waals surface area contributed by atoms with Gasteiger partial charge in [0.25, 0.3) is 0 Å². The summed E-state index contributed by atoms with van der Waals surface area (Å²) in [6, 6.07) is 9.46. The zero-order valence-corrected chi connectivity index (χ0v) is 17.3. The van der Waals surface area contributed by atoms with Crippen LogP contribution in [0.2, 0.25) is 0 Å². The average molecular weight is 393 g/mol. The predicted molar refractivity (Wildman–Crippen MR) is 113 cm³/mol. The van der Waals surface area contributed by atoms with Crippen molar-refractivity contribution in [3.8, 4) is 11.1 Å². The number of rotatable bonds is 9. The van der Waals surface area contributed by atoms with E-state index in [2.05, 4.69) is 25.8 Å². The average Bonchev–Trinajstić information content (AvgIpc) is 3.12. The van der Waals surface area contributed by atoms with E-state index in [0.29, 0.717) is 17.9 Å². The molecule has 2 aromatic heterocycles. The Bertz CT molecular complexity index is 961. The van der Waals surface area contributed by atoms with Crippen LogP contribution in [0.4, 0.5) is 0 Å². The third-order valence-electron chi connectivity index (χ3n) is 4.93. The molecule has 0 radical (unpaired) electrons. The summed E-state index contributed by atoms with van der Waals surface area (Å²) in [7, 11) is 0. The number of carboxylic acid groups (broad SMARTS) is 1. The second kappa shape index (κ2) is 9.45. The Hall–Kier alpha value is -3.02. The number of benzene rings is 1. The molecule has 1 aromatic carbocycles. The standard InChI is InChI=1S/C23H28N4O2/c1-4-5-6-13-27-21(25-22(26-27)16(2)3)14-17-7-9-18(10-8-17)20-15-24-12-11-19(20)23(28)29/h7-12,15-16H,4-6,13-14H2,1-3H3,(H,28,29). The fourth-order valence-corrected chi connectivity index (χ4v) is 3.26. The van der Waals surface area contributed by atoms with Gasteiger partial charge in [-0.15, -0.1) is 0 Å². The van der Waals surface area contributed by atoms with Crippen molar-refractivity contribution in [2.24, 2.45) is 0 Å². The Morgan fingerprint density at radius 3 is 2.55 bits per heavy atom. The number of carbonyl (C=O) groups is 1. The van der Waals surface area contributed by atoms with Crippen molar-refractivity contribution in [2.75, 3.05) is 0 Å². The zero-order valence-electron chi connectivity index (χ0n) is 17.3. The van der Waals surface area contributed by atoms with Gasteiger partial charge in [-0.3, -0.25) is 4.98 Å². The maximum absolute atomic E-state index is 11.5. The smallest absolute Gasteiger partial charge is 0.336 e. The van der Waals surface area contributed by atoms with Crippen molar-refractivity contribution in [1.29, 1.82) is 0 Å². The molecule has 0 amide bonds. The number of aromatic nitrogens is 4. The van der Waals surface area contributed by atoms with Crippen molar-refractivity contribution in [2.45, 2.75) is 58.9 Å². The van der Waals surface area contributed by atoms with Gasteiger partial charge in [0.1, 0.15) is 5.82 Å². The highest BCUT2D eigenvalue weighted by molar-refractivity contribution is 5.95. The number of nitrogens with zero attached hydrogens (tertiary/aromatic N) is 4. The molecule has 29 heavy (non-hydrogen) atoms. The summed E-state index contributed by atoms with van der Waals surface area (Å²) in [5.41, 5.74) is 2.84. The molecule has 0 aliphatic carbocycles. The highest BCUT2D eigenvalue weighted by atomic mass is 16.4. The zero-order chi connectivity index (χ0) is 20.8. The molecule has 0 aliphatic heterocycles. The van der Waals surface area contributed by atoms with Crippen LogP contribution < -0.4 is 0 Å². The topological polar surface area (TPSA) is 80.9 Å². The number of aromatic carboxylic acids is 1. The molecule has 6 nitrogen and oxygen atoms in total. The molecule has 152 valence electrons. The Kier molecular flexibility index (Phi) is 6.75. The summed E-state index contributed by atoms with van der Waals surface area (Å²) >= 11 is 0. The van der Waals surface area contributed by atoms with E-state index < -0.39 is 5.97 Å². The minimum atomic E-state index is -0.951. The second-order valence-electron chi connectivity index (χ2n) is 7.57. The SMILES string of the molecule is CCCCCn1nc(C(C)C)nc1Cc1ccc(-c2cnccc2C(=O)O)cc1. The molecule has 3 aromatic rings. The first-order valence-electron chi connectivity index (χ1n) is 10.2. The van der Waals surface area contributed by atoms with Gasteiger partial charge >= 0.3 is 5.97 Å². The van der Waals surface area contributed by atoms with Gasteiger partial charge in [0, 0.05) is 36.8 Å². The van der Waals surface area contributed by atoms with Gasteiger partial charge < -0.3 is 5.11 Å². The molecule has 3 rings (SSSR count). The third-order valence-corrected chi connectivity index (χ3v) is 4.93. The monoisotopic (exact) mass is 392 g/mol. The fourth-order valence-electron chi connectivity index (χ4n) is 3.26. The summed E-state index contributed by atoms with van der Waals surface area (Å²) in [5, 5.41) is 14.1. The van der Waals surface area contributed by atoms with Crippen molar-refractivity contribution in [1.82, 2.24) is 19.7 Å².